The van der Waals surface area contributed by atoms with Crippen LogP contribution < -0.4 is 11.1 Å². The van der Waals surface area contributed by atoms with Crippen molar-refractivity contribution in [3.05, 3.63) is 71.8 Å². The number of carbonyl (C=O) groups is 1. The minimum atomic E-state index is -1.51. The molecule has 3 atom stereocenters. The molecule has 0 radical (unpaired) electrons. The van der Waals surface area contributed by atoms with Crippen LogP contribution in [0.1, 0.15) is 29.9 Å². The number of halogens is 2. The Kier molecular flexibility index (Phi) is 5.98. The van der Waals surface area contributed by atoms with Gasteiger partial charge in [-0.15, -0.1) is 0 Å². The molecule has 1 aliphatic heterocycles. The topological polar surface area (TPSA) is 143 Å². The van der Waals surface area contributed by atoms with Crippen LogP contribution in [0.2, 0.25) is 0 Å². The number of nitrogens with one attached hydrogen (secondary N) is 1. The third-order valence-corrected chi connectivity index (χ3v) is 5.59. The van der Waals surface area contributed by atoms with Gasteiger partial charge in [-0.2, -0.15) is 0 Å². The zero-order valence-electron chi connectivity index (χ0n) is 18.2. The van der Waals surface area contributed by atoms with Crippen molar-refractivity contribution in [2.75, 3.05) is 11.1 Å². The molecule has 0 unspecified atom stereocenters. The van der Waals surface area contributed by atoms with Gasteiger partial charge in [-0.3, -0.25) is 9.78 Å². The van der Waals surface area contributed by atoms with Gasteiger partial charge in [0.05, 0.1) is 29.3 Å². The molecule has 176 valence electrons. The number of ether oxygens (including phenoxy) is 1. The van der Waals surface area contributed by atoms with Crippen LogP contribution in [0.5, 0.6) is 0 Å². The average Bonchev–Trinajstić information content (AvgIpc) is 2.78. The largest absolute Gasteiger partial charge is 0.487 e. The first-order valence-electron chi connectivity index (χ1n) is 10.2. The van der Waals surface area contributed by atoms with Crippen molar-refractivity contribution in [2.45, 2.75) is 31.7 Å². The normalized spacial score (nSPS) is 22.0. The van der Waals surface area contributed by atoms with Crippen LogP contribution in [0.4, 0.5) is 20.2 Å². The molecule has 0 spiro atoms. The SMILES string of the molecule is C[C@@H]1OC(c2ccncc2NC(=O)c2nc(-c3c(F)cccc3F)ncc2N)=C[C@H](O)[C@@]1(C)O. The zero-order chi connectivity index (χ0) is 24.6. The van der Waals surface area contributed by atoms with E-state index in [1.807, 2.05) is 0 Å². The summed E-state index contributed by atoms with van der Waals surface area (Å²) in [6.07, 6.45) is 3.23. The van der Waals surface area contributed by atoms with E-state index in [1.165, 1.54) is 31.5 Å². The highest BCUT2D eigenvalue weighted by Crippen LogP contribution is 2.34. The maximum absolute atomic E-state index is 14.2. The van der Waals surface area contributed by atoms with Crippen LogP contribution in [-0.2, 0) is 4.74 Å². The van der Waals surface area contributed by atoms with Crippen LogP contribution >= 0.6 is 0 Å². The van der Waals surface area contributed by atoms with Crippen LogP contribution in [0, 0.1) is 11.6 Å². The molecule has 0 fully saturated rings. The molecule has 1 amide bonds. The van der Waals surface area contributed by atoms with E-state index in [4.69, 9.17) is 10.5 Å². The van der Waals surface area contributed by atoms with E-state index in [2.05, 4.69) is 20.3 Å². The highest BCUT2D eigenvalue weighted by atomic mass is 19.1. The van der Waals surface area contributed by atoms with Crippen molar-refractivity contribution in [3.63, 3.8) is 0 Å². The second kappa shape index (κ2) is 8.76. The van der Waals surface area contributed by atoms with Crippen LogP contribution in [-0.4, -0.2) is 48.9 Å². The standard InChI is InChI=1S/C23H21F2N5O4/c1-11-23(2,33)18(31)8-17(34-11)12-6-7-27-10-16(12)29-22(32)20-15(26)9-28-21(30-20)19-13(24)4-3-5-14(19)25/h3-11,18,31,33H,26H2,1-2H3,(H,29,32)/t11-,18-,23-/m0/s1. The Bertz CT molecular complexity index is 1280. The summed E-state index contributed by atoms with van der Waals surface area (Å²) in [5.41, 5.74) is 4.00. The predicted octanol–water partition coefficient (Wildman–Crippen LogP) is 2.52. The maximum atomic E-state index is 14.2. The van der Waals surface area contributed by atoms with Crippen LogP contribution in [0.25, 0.3) is 17.1 Å². The van der Waals surface area contributed by atoms with Gasteiger partial charge < -0.3 is 26.0 Å². The number of hydrogen-bond donors (Lipinski definition) is 4. The number of benzene rings is 1. The lowest BCUT2D eigenvalue weighted by Crippen LogP contribution is -2.51. The number of nitrogens with zero attached hydrogens (tertiary/aromatic N) is 3. The predicted molar refractivity (Wildman–Crippen MR) is 119 cm³/mol. The van der Waals surface area contributed by atoms with Gasteiger partial charge in [0, 0.05) is 11.8 Å². The van der Waals surface area contributed by atoms with E-state index in [1.54, 1.807) is 13.0 Å². The number of nitrogens with two attached hydrogens (primary N) is 1. The van der Waals surface area contributed by atoms with Gasteiger partial charge in [0.2, 0.25) is 0 Å². The zero-order valence-corrected chi connectivity index (χ0v) is 18.2. The third-order valence-electron chi connectivity index (χ3n) is 5.59. The monoisotopic (exact) mass is 469 g/mol. The number of aliphatic hydroxyl groups excluding tert-OH is 1. The van der Waals surface area contributed by atoms with Crippen LogP contribution in [0.15, 0.2) is 48.9 Å². The first-order valence-corrected chi connectivity index (χ1v) is 10.2. The summed E-state index contributed by atoms with van der Waals surface area (Å²) in [5.74, 6) is -2.71. The Morgan fingerprint density at radius 3 is 2.62 bits per heavy atom. The summed E-state index contributed by atoms with van der Waals surface area (Å²) >= 11 is 0. The van der Waals surface area contributed by atoms with Crippen molar-refractivity contribution < 1.29 is 28.5 Å². The molecule has 0 aliphatic carbocycles. The molecule has 9 nitrogen and oxygen atoms in total. The van der Waals surface area contributed by atoms with Crippen molar-refractivity contribution >= 4 is 23.0 Å². The molecule has 11 heteroatoms. The third kappa shape index (κ3) is 4.18. The number of aliphatic hydroxyl groups is 2. The lowest BCUT2D eigenvalue weighted by atomic mass is 9.89. The Labute approximate surface area is 193 Å². The molecule has 4 rings (SSSR count). The maximum Gasteiger partial charge on any atom is 0.276 e. The van der Waals surface area contributed by atoms with Gasteiger partial charge >= 0.3 is 0 Å². The molecule has 0 saturated carbocycles. The fraction of sp³-hybridized carbons (Fsp3) is 0.217. The number of anilines is 2. The summed E-state index contributed by atoms with van der Waals surface area (Å²) in [5, 5.41) is 23.3. The second-order valence-electron chi connectivity index (χ2n) is 7.93. The first kappa shape index (κ1) is 23.2. The average molecular weight is 469 g/mol. The minimum absolute atomic E-state index is 0.114. The van der Waals surface area contributed by atoms with Gasteiger partial charge in [0.15, 0.2) is 11.5 Å². The van der Waals surface area contributed by atoms with Gasteiger partial charge in [0.1, 0.15) is 35.2 Å². The van der Waals surface area contributed by atoms with E-state index in [9.17, 15) is 23.8 Å². The van der Waals surface area contributed by atoms with E-state index >= 15 is 0 Å². The van der Waals surface area contributed by atoms with Crippen LogP contribution in [0.3, 0.4) is 0 Å². The molecule has 0 bridgehead atoms. The summed E-state index contributed by atoms with van der Waals surface area (Å²) in [6.45, 7) is 3.04. The van der Waals surface area contributed by atoms with E-state index in [-0.39, 0.29) is 28.7 Å². The van der Waals surface area contributed by atoms with E-state index in [0.717, 1.165) is 18.3 Å². The van der Waals surface area contributed by atoms with Gasteiger partial charge in [0.25, 0.3) is 5.91 Å². The number of pyridine rings is 1. The smallest absolute Gasteiger partial charge is 0.276 e. The van der Waals surface area contributed by atoms with Crippen molar-refractivity contribution in [1.29, 1.82) is 0 Å². The number of amides is 1. The lowest BCUT2D eigenvalue weighted by molar-refractivity contribution is -0.121. The summed E-state index contributed by atoms with van der Waals surface area (Å²) < 4.78 is 34.1. The molecule has 3 heterocycles. The molecule has 1 aliphatic rings. The van der Waals surface area contributed by atoms with Crippen molar-refractivity contribution in [2.24, 2.45) is 0 Å². The number of aromatic nitrogens is 3. The van der Waals surface area contributed by atoms with Crippen molar-refractivity contribution in [1.82, 2.24) is 15.0 Å². The lowest BCUT2D eigenvalue weighted by Gasteiger charge is -2.38. The van der Waals surface area contributed by atoms with Gasteiger partial charge in [-0.1, -0.05) is 6.07 Å². The Balaban J connectivity index is 1.68. The quantitative estimate of drug-likeness (QED) is 0.456. The van der Waals surface area contributed by atoms with Gasteiger partial charge in [-0.05, 0) is 38.1 Å². The Morgan fingerprint density at radius 1 is 1.24 bits per heavy atom. The fourth-order valence-electron chi connectivity index (χ4n) is 3.35. The summed E-state index contributed by atoms with van der Waals surface area (Å²) in [7, 11) is 0. The molecule has 34 heavy (non-hydrogen) atoms. The minimum Gasteiger partial charge on any atom is -0.487 e. The van der Waals surface area contributed by atoms with E-state index < -0.39 is 40.9 Å². The number of hydrogen-bond acceptors (Lipinski definition) is 8. The van der Waals surface area contributed by atoms with E-state index in [0.29, 0.717) is 5.56 Å². The second-order valence-corrected chi connectivity index (χ2v) is 7.93. The number of rotatable bonds is 4. The number of carbonyl (C=O) groups excluding carboxylic acids is 1. The van der Waals surface area contributed by atoms with Gasteiger partial charge in [-0.25, -0.2) is 18.7 Å². The molecular weight excluding hydrogens is 448 g/mol. The Morgan fingerprint density at radius 2 is 1.94 bits per heavy atom. The number of nitrogen functional groups attached to an aromatic ring is 1. The van der Waals surface area contributed by atoms with Crippen molar-refractivity contribution in [3.8, 4) is 11.4 Å². The molecule has 3 aromatic rings. The summed E-state index contributed by atoms with van der Waals surface area (Å²) in [6, 6.07) is 4.83. The molecule has 0 saturated heterocycles. The first-order chi connectivity index (χ1) is 16.1. The highest BCUT2D eigenvalue weighted by molar-refractivity contribution is 6.07. The molecule has 5 N–H and O–H groups in total. The fourth-order valence-corrected chi connectivity index (χ4v) is 3.35. The summed E-state index contributed by atoms with van der Waals surface area (Å²) in [4.78, 5) is 24.8. The molecule has 1 aromatic carbocycles. The highest BCUT2D eigenvalue weighted by Gasteiger charge is 2.41. The Hall–Kier alpha value is -3.96. The molecule has 2 aromatic heterocycles. The molecular formula is C23H21F2N5O4.